The van der Waals surface area contributed by atoms with E-state index in [1.54, 1.807) is 26.1 Å². The molecule has 2 heterocycles. The average molecular weight is 509 g/mol. The Labute approximate surface area is 218 Å². The van der Waals surface area contributed by atoms with E-state index in [0.717, 1.165) is 5.56 Å². The van der Waals surface area contributed by atoms with Gasteiger partial charge in [-0.15, -0.1) is 0 Å². The van der Waals surface area contributed by atoms with E-state index in [9.17, 15) is 14.0 Å². The van der Waals surface area contributed by atoms with E-state index in [1.807, 2.05) is 35.2 Å². The van der Waals surface area contributed by atoms with Crippen LogP contribution in [0.2, 0.25) is 0 Å². The molecule has 0 saturated carbocycles. The highest BCUT2D eigenvalue weighted by atomic mass is 19.1. The summed E-state index contributed by atoms with van der Waals surface area (Å²) < 4.78 is 19.7. The van der Waals surface area contributed by atoms with Crippen LogP contribution in [0.25, 0.3) is 0 Å². The Bertz CT molecular complexity index is 1160. The molecular weight excluding hydrogens is 471 g/mol. The smallest absolute Gasteiger partial charge is 0.338 e. The average Bonchev–Trinajstić information content (AvgIpc) is 2.87. The van der Waals surface area contributed by atoms with Crippen molar-refractivity contribution in [2.45, 2.75) is 39.2 Å². The molecule has 37 heavy (non-hydrogen) atoms. The molecule has 1 saturated heterocycles. The summed E-state index contributed by atoms with van der Waals surface area (Å²) in [5.41, 5.74) is 3.67. The van der Waals surface area contributed by atoms with Gasteiger partial charge in [-0.2, -0.15) is 0 Å². The molecule has 1 atom stereocenters. The van der Waals surface area contributed by atoms with Crippen molar-refractivity contribution in [3.63, 3.8) is 0 Å². The van der Waals surface area contributed by atoms with Gasteiger partial charge in [0, 0.05) is 45.5 Å². The van der Waals surface area contributed by atoms with Gasteiger partial charge in [-0.05, 0) is 35.6 Å². The third-order valence-electron chi connectivity index (χ3n) is 7.12. The van der Waals surface area contributed by atoms with Crippen LogP contribution in [0.1, 0.15) is 44.9 Å². The number of esters is 1. The molecule has 1 unspecified atom stereocenters. The van der Waals surface area contributed by atoms with Crippen molar-refractivity contribution >= 4 is 17.7 Å². The van der Waals surface area contributed by atoms with E-state index in [-0.39, 0.29) is 23.9 Å². The van der Waals surface area contributed by atoms with Gasteiger partial charge in [-0.25, -0.2) is 14.0 Å². The Morgan fingerprint density at radius 3 is 2.30 bits per heavy atom. The highest BCUT2D eigenvalue weighted by Gasteiger charge is 2.37. The van der Waals surface area contributed by atoms with Crippen LogP contribution in [0.5, 0.6) is 0 Å². The van der Waals surface area contributed by atoms with E-state index >= 15 is 0 Å². The highest BCUT2D eigenvalue weighted by molar-refractivity contribution is 5.95. The molecule has 0 aromatic heterocycles. The number of piperazine rings is 1. The van der Waals surface area contributed by atoms with Crippen molar-refractivity contribution in [3.8, 4) is 0 Å². The van der Waals surface area contributed by atoms with Crippen molar-refractivity contribution < 1.29 is 18.7 Å². The molecule has 1 fully saturated rings. The fourth-order valence-corrected chi connectivity index (χ4v) is 4.89. The summed E-state index contributed by atoms with van der Waals surface area (Å²) in [6.45, 7) is 11.5. The topological polar surface area (TPSA) is 65.1 Å². The molecule has 0 spiro atoms. The molecule has 2 aliphatic heterocycles. The third kappa shape index (κ3) is 5.80. The molecule has 2 aromatic carbocycles. The number of amides is 2. The van der Waals surface area contributed by atoms with E-state index in [4.69, 9.17) is 4.74 Å². The third-order valence-corrected chi connectivity index (χ3v) is 7.12. The molecule has 2 aromatic rings. The number of hydrogen-bond acceptors (Lipinski definition) is 5. The maximum atomic E-state index is 14.3. The molecule has 2 amide bonds. The summed E-state index contributed by atoms with van der Waals surface area (Å²) in [7, 11) is 1.68. The number of carbonyl (C=O) groups is 2. The van der Waals surface area contributed by atoms with Crippen LogP contribution in [-0.2, 0) is 14.9 Å². The first-order valence-electron chi connectivity index (χ1n) is 12.9. The molecule has 4 rings (SSSR count). The first-order chi connectivity index (χ1) is 17.6. The zero-order chi connectivity index (χ0) is 26.7. The molecule has 8 heteroatoms. The second-order valence-electron chi connectivity index (χ2n) is 10.6. The molecular formula is C29H37FN4O3. The normalized spacial score (nSPS) is 19.2. The fraction of sp³-hybridized carbons (Fsp3) is 0.448. The second-order valence-corrected chi connectivity index (χ2v) is 10.6. The van der Waals surface area contributed by atoms with Crippen LogP contribution in [-0.4, -0.2) is 68.2 Å². The van der Waals surface area contributed by atoms with Gasteiger partial charge in [0.1, 0.15) is 5.82 Å². The number of nitrogens with one attached hydrogen (secondary N) is 1. The zero-order valence-electron chi connectivity index (χ0n) is 22.4. The lowest BCUT2D eigenvalue weighted by Crippen LogP contribution is -2.52. The molecule has 0 aliphatic carbocycles. The van der Waals surface area contributed by atoms with Crippen LogP contribution >= 0.6 is 0 Å². The standard InChI is InChI=1S/C29H37FN4O3/c1-6-37-27(35)25-24(19-33-15-17-34(18-16-33)23-10-8-7-9-22(23)30)32(5)28(36)31-26(25)20-11-13-21(14-12-20)29(2,3)4/h7-14,26H,6,15-19H2,1-5H3,(H,31,36). The number of nitrogens with zero attached hydrogens (tertiary/aromatic N) is 3. The first kappa shape index (κ1) is 26.7. The minimum absolute atomic E-state index is 0.00958. The monoisotopic (exact) mass is 508 g/mol. The Hall–Kier alpha value is -3.39. The lowest BCUT2D eigenvalue weighted by Gasteiger charge is -2.40. The maximum absolute atomic E-state index is 14.3. The first-order valence-corrected chi connectivity index (χ1v) is 12.9. The molecule has 0 radical (unpaired) electrons. The van der Waals surface area contributed by atoms with Gasteiger partial charge in [0.25, 0.3) is 0 Å². The number of carbonyl (C=O) groups excluding carboxylic acids is 2. The van der Waals surface area contributed by atoms with Crippen molar-refractivity contribution in [3.05, 3.63) is 76.7 Å². The second kappa shape index (κ2) is 10.9. The number of ether oxygens (including phenoxy) is 1. The number of urea groups is 1. The van der Waals surface area contributed by atoms with Gasteiger partial charge >= 0.3 is 12.0 Å². The Balaban J connectivity index is 1.62. The molecule has 0 bridgehead atoms. The van der Waals surface area contributed by atoms with Gasteiger partial charge in [0.15, 0.2) is 0 Å². The highest BCUT2D eigenvalue weighted by Crippen LogP contribution is 2.33. The van der Waals surface area contributed by atoms with Crippen LogP contribution < -0.4 is 10.2 Å². The minimum atomic E-state index is -0.605. The van der Waals surface area contributed by atoms with Crippen molar-refractivity contribution in [2.24, 2.45) is 0 Å². The SMILES string of the molecule is CCOC(=O)C1=C(CN2CCN(c3ccccc3F)CC2)N(C)C(=O)NC1c1ccc(C(C)(C)C)cc1. The van der Waals surface area contributed by atoms with Gasteiger partial charge < -0.3 is 15.0 Å². The van der Waals surface area contributed by atoms with Crippen LogP contribution in [0, 0.1) is 5.82 Å². The Morgan fingerprint density at radius 2 is 1.70 bits per heavy atom. The Morgan fingerprint density at radius 1 is 1.05 bits per heavy atom. The lowest BCUT2D eigenvalue weighted by atomic mass is 9.85. The summed E-state index contributed by atoms with van der Waals surface area (Å²) in [4.78, 5) is 32.0. The fourth-order valence-electron chi connectivity index (χ4n) is 4.89. The predicted molar refractivity (Wildman–Crippen MR) is 143 cm³/mol. The maximum Gasteiger partial charge on any atom is 0.338 e. The number of para-hydroxylation sites is 1. The van der Waals surface area contributed by atoms with E-state index in [0.29, 0.717) is 49.7 Å². The van der Waals surface area contributed by atoms with E-state index in [2.05, 4.69) is 31.0 Å². The molecule has 1 N–H and O–H groups in total. The number of rotatable bonds is 6. The predicted octanol–water partition coefficient (Wildman–Crippen LogP) is 4.46. The quantitative estimate of drug-likeness (QED) is 0.584. The zero-order valence-corrected chi connectivity index (χ0v) is 22.4. The summed E-state index contributed by atoms with van der Waals surface area (Å²) in [5.74, 6) is -0.661. The van der Waals surface area contributed by atoms with Gasteiger partial charge in [0.05, 0.1) is 23.9 Å². The summed E-state index contributed by atoms with van der Waals surface area (Å²) in [6, 6.07) is 14.0. The molecule has 198 valence electrons. The summed E-state index contributed by atoms with van der Waals surface area (Å²) >= 11 is 0. The lowest BCUT2D eigenvalue weighted by molar-refractivity contribution is -0.139. The summed E-state index contributed by atoms with van der Waals surface area (Å²) in [5, 5.41) is 2.99. The summed E-state index contributed by atoms with van der Waals surface area (Å²) in [6.07, 6.45) is 0. The number of hydrogen-bond donors (Lipinski definition) is 1. The van der Waals surface area contributed by atoms with Crippen molar-refractivity contribution in [2.75, 3.05) is 51.3 Å². The van der Waals surface area contributed by atoms with Gasteiger partial charge in [-0.1, -0.05) is 57.2 Å². The van der Waals surface area contributed by atoms with Crippen molar-refractivity contribution in [1.82, 2.24) is 15.1 Å². The largest absolute Gasteiger partial charge is 0.463 e. The van der Waals surface area contributed by atoms with Crippen LogP contribution in [0.15, 0.2) is 59.8 Å². The van der Waals surface area contributed by atoms with Crippen molar-refractivity contribution in [1.29, 1.82) is 0 Å². The van der Waals surface area contributed by atoms with E-state index in [1.165, 1.54) is 16.5 Å². The Kier molecular flexibility index (Phi) is 7.87. The number of likely N-dealkylation sites (N-methyl/N-ethyl adjacent to an activating group) is 1. The molecule has 7 nitrogen and oxygen atoms in total. The number of halogens is 1. The number of benzene rings is 2. The molecule has 2 aliphatic rings. The van der Waals surface area contributed by atoms with Gasteiger partial charge in [0.2, 0.25) is 0 Å². The van der Waals surface area contributed by atoms with Crippen LogP contribution in [0.4, 0.5) is 14.9 Å². The number of anilines is 1. The minimum Gasteiger partial charge on any atom is -0.463 e. The van der Waals surface area contributed by atoms with E-state index < -0.39 is 12.0 Å². The van der Waals surface area contributed by atoms with Gasteiger partial charge in [-0.3, -0.25) is 9.80 Å². The van der Waals surface area contributed by atoms with Crippen LogP contribution in [0.3, 0.4) is 0 Å².